The van der Waals surface area contributed by atoms with Gasteiger partial charge in [-0.1, -0.05) is 25.1 Å². The number of halogens is 2. The van der Waals surface area contributed by atoms with Gasteiger partial charge in [0.05, 0.1) is 6.54 Å². The van der Waals surface area contributed by atoms with Gasteiger partial charge in [0.1, 0.15) is 0 Å². The summed E-state index contributed by atoms with van der Waals surface area (Å²) in [4.78, 5) is 3.20. The molecule has 104 valence electrons. The van der Waals surface area contributed by atoms with E-state index in [-0.39, 0.29) is 19.0 Å². The molecule has 1 heterocycles. The maximum atomic E-state index is 13.2. The third-order valence-corrected chi connectivity index (χ3v) is 3.43. The Hall–Kier alpha value is -1.42. The van der Waals surface area contributed by atoms with Crippen molar-refractivity contribution in [2.24, 2.45) is 0 Å². The van der Waals surface area contributed by atoms with Crippen molar-refractivity contribution < 1.29 is 8.78 Å². The van der Waals surface area contributed by atoms with Crippen LogP contribution in [0.5, 0.6) is 0 Å². The number of aromatic amines is 1. The Morgan fingerprint density at radius 2 is 2.05 bits per heavy atom. The number of para-hydroxylation sites is 1. The number of fused-ring (bicyclic) bond motifs is 1. The van der Waals surface area contributed by atoms with Crippen molar-refractivity contribution in [3.05, 3.63) is 36.0 Å². The van der Waals surface area contributed by atoms with Crippen LogP contribution in [0.2, 0.25) is 0 Å². The smallest absolute Gasteiger partial charge is 0.260 e. The predicted octanol–water partition coefficient (Wildman–Crippen LogP) is 3.73. The lowest BCUT2D eigenvalue weighted by atomic mass is 10.1. The zero-order chi connectivity index (χ0) is 13.9. The highest BCUT2D eigenvalue weighted by Crippen LogP contribution is 2.20. The Morgan fingerprint density at radius 1 is 1.32 bits per heavy atom. The summed E-state index contributed by atoms with van der Waals surface area (Å²) in [6.45, 7) is 3.19. The molecule has 0 amide bonds. The van der Waals surface area contributed by atoms with E-state index >= 15 is 0 Å². The molecule has 0 aliphatic carbocycles. The third kappa shape index (κ3) is 3.53. The van der Waals surface area contributed by atoms with E-state index < -0.39 is 5.92 Å². The molecule has 19 heavy (non-hydrogen) atoms. The third-order valence-electron chi connectivity index (χ3n) is 3.43. The lowest BCUT2D eigenvalue weighted by molar-refractivity contribution is -0.00362. The van der Waals surface area contributed by atoms with Gasteiger partial charge in [0.15, 0.2) is 0 Å². The van der Waals surface area contributed by atoms with Crippen LogP contribution in [-0.4, -0.2) is 23.5 Å². The second kappa shape index (κ2) is 5.70. The molecule has 0 radical (unpaired) electrons. The largest absolute Gasteiger partial charge is 0.361 e. The molecule has 1 atom stereocenters. The van der Waals surface area contributed by atoms with Gasteiger partial charge in [0.2, 0.25) is 0 Å². The quantitative estimate of drug-likeness (QED) is 0.819. The molecule has 2 nitrogen and oxygen atoms in total. The molecule has 2 N–H and O–H groups in total. The minimum Gasteiger partial charge on any atom is -0.361 e. The van der Waals surface area contributed by atoms with Crippen LogP contribution in [0.25, 0.3) is 10.9 Å². The number of H-pyrrole nitrogens is 1. The highest BCUT2D eigenvalue weighted by molar-refractivity contribution is 5.83. The van der Waals surface area contributed by atoms with Crippen molar-refractivity contribution in [1.82, 2.24) is 10.3 Å². The van der Waals surface area contributed by atoms with Gasteiger partial charge in [-0.25, -0.2) is 8.78 Å². The maximum Gasteiger partial charge on any atom is 0.260 e. The summed E-state index contributed by atoms with van der Waals surface area (Å²) in [6.07, 6.45) is 2.57. The van der Waals surface area contributed by atoms with Gasteiger partial charge in [-0.2, -0.15) is 0 Å². The molecule has 0 saturated carbocycles. The first-order chi connectivity index (χ1) is 9.02. The zero-order valence-electron chi connectivity index (χ0n) is 11.3. The zero-order valence-corrected chi connectivity index (χ0v) is 11.3. The normalized spacial score (nSPS) is 13.9. The fourth-order valence-corrected chi connectivity index (χ4v) is 2.15. The Bertz CT molecular complexity index is 534. The molecule has 1 unspecified atom stereocenters. The molecular formula is C15H20F2N2. The van der Waals surface area contributed by atoms with Crippen molar-refractivity contribution in [3.63, 3.8) is 0 Å². The van der Waals surface area contributed by atoms with Gasteiger partial charge in [0, 0.05) is 29.6 Å². The van der Waals surface area contributed by atoms with E-state index in [1.807, 2.05) is 31.3 Å². The molecule has 0 fully saturated rings. The van der Waals surface area contributed by atoms with Crippen LogP contribution in [0.1, 0.15) is 25.8 Å². The molecule has 0 bridgehead atoms. The van der Waals surface area contributed by atoms with Crippen LogP contribution in [0.15, 0.2) is 30.5 Å². The lowest BCUT2D eigenvalue weighted by Gasteiger charge is -2.19. The van der Waals surface area contributed by atoms with E-state index in [0.717, 1.165) is 17.5 Å². The highest BCUT2D eigenvalue weighted by atomic mass is 19.3. The van der Waals surface area contributed by atoms with Crippen molar-refractivity contribution >= 4 is 10.9 Å². The summed E-state index contributed by atoms with van der Waals surface area (Å²) in [5.74, 6) is -2.62. The van der Waals surface area contributed by atoms with Gasteiger partial charge in [-0.15, -0.1) is 0 Å². The van der Waals surface area contributed by atoms with Crippen LogP contribution < -0.4 is 5.32 Å². The van der Waals surface area contributed by atoms with Crippen LogP contribution in [0, 0.1) is 0 Å². The summed E-state index contributed by atoms with van der Waals surface area (Å²) in [5.41, 5.74) is 2.25. The average Bonchev–Trinajstić information content (AvgIpc) is 2.80. The van der Waals surface area contributed by atoms with E-state index in [1.54, 1.807) is 0 Å². The molecule has 1 aromatic carbocycles. The van der Waals surface area contributed by atoms with Crippen LogP contribution in [0.3, 0.4) is 0 Å². The first-order valence-electron chi connectivity index (χ1n) is 6.68. The van der Waals surface area contributed by atoms with Crippen molar-refractivity contribution in [1.29, 1.82) is 0 Å². The van der Waals surface area contributed by atoms with Crippen LogP contribution in [-0.2, 0) is 6.42 Å². The minimum absolute atomic E-state index is 0.0247. The Kier molecular flexibility index (Phi) is 4.20. The van der Waals surface area contributed by atoms with Gasteiger partial charge in [-0.3, -0.25) is 0 Å². The molecule has 1 aromatic heterocycles. The Balaban J connectivity index is 1.97. The molecule has 0 spiro atoms. The van der Waals surface area contributed by atoms with Gasteiger partial charge >= 0.3 is 0 Å². The lowest BCUT2D eigenvalue weighted by Crippen LogP contribution is -2.38. The summed E-state index contributed by atoms with van der Waals surface area (Å²) in [5, 5.41) is 4.08. The van der Waals surface area contributed by atoms with E-state index in [0.29, 0.717) is 0 Å². The topological polar surface area (TPSA) is 27.8 Å². The summed E-state index contributed by atoms with van der Waals surface area (Å²) < 4.78 is 26.4. The number of hydrogen-bond acceptors (Lipinski definition) is 1. The number of alkyl halides is 2. The SMILES string of the molecule is CCC(F)(F)CNC(C)Cc1c[nH]c2ccccc12. The molecule has 0 saturated heterocycles. The maximum absolute atomic E-state index is 13.2. The number of rotatable bonds is 6. The number of aromatic nitrogens is 1. The highest BCUT2D eigenvalue weighted by Gasteiger charge is 2.26. The standard InChI is InChI=1S/C15H20F2N2/c1-3-15(16,17)10-19-11(2)8-12-9-18-14-7-5-4-6-13(12)14/h4-7,9,11,18-19H,3,8,10H2,1-2H3. The second-order valence-corrected chi connectivity index (χ2v) is 5.06. The molecule has 2 rings (SSSR count). The second-order valence-electron chi connectivity index (χ2n) is 5.06. The van der Waals surface area contributed by atoms with Gasteiger partial charge in [0.25, 0.3) is 5.92 Å². The summed E-state index contributed by atoms with van der Waals surface area (Å²) >= 11 is 0. The first kappa shape index (κ1) is 14.0. The van der Waals surface area contributed by atoms with E-state index in [2.05, 4.69) is 16.4 Å². The molecule has 0 aliphatic rings. The van der Waals surface area contributed by atoms with Gasteiger partial charge < -0.3 is 10.3 Å². The van der Waals surface area contributed by atoms with Gasteiger partial charge in [-0.05, 0) is 25.0 Å². The average molecular weight is 266 g/mol. The molecule has 0 aliphatic heterocycles. The van der Waals surface area contributed by atoms with Crippen molar-refractivity contribution in [2.75, 3.05) is 6.54 Å². The summed E-state index contributed by atoms with van der Waals surface area (Å²) in [6, 6.07) is 8.06. The first-order valence-corrected chi connectivity index (χ1v) is 6.68. The fourth-order valence-electron chi connectivity index (χ4n) is 2.15. The van der Waals surface area contributed by atoms with Crippen LogP contribution >= 0.6 is 0 Å². The van der Waals surface area contributed by atoms with Crippen LogP contribution in [0.4, 0.5) is 8.78 Å². The van der Waals surface area contributed by atoms with E-state index in [4.69, 9.17) is 0 Å². The summed E-state index contributed by atoms with van der Waals surface area (Å²) in [7, 11) is 0. The van der Waals surface area contributed by atoms with Crippen molar-refractivity contribution in [3.8, 4) is 0 Å². The minimum atomic E-state index is -2.62. The number of hydrogen-bond donors (Lipinski definition) is 2. The van der Waals surface area contributed by atoms with Crippen molar-refractivity contribution in [2.45, 2.75) is 38.7 Å². The monoisotopic (exact) mass is 266 g/mol. The molecule has 4 heteroatoms. The number of benzene rings is 1. The molecule has 2 aromatic rings. The van der Waals surface area contributed by atoms with E-state index in [9.17, 15) is 8.78 Å². The Labute approximate surface area is 112 Å². The predicted molar refractivity (Wildman–Crippen MR) is 74.7 cm³/mol. The van der Waals surface area contributed by atoms with E-state index in [1.165, 1.54) is 12.3 Å². The number of nitrogens with one attached hydrogen (secondary N) is 2. The fraction of sp³-hybridized carbons (Fsp3) is 0.467. The Morgan fingerprint density at radius 3 is 2.79 bits per heavy atom. The molecular weight excluding hydrogens is 246 g/mol.